The van der Waals surface area contributed by atoms with Crippen molar-refractivity contribution >= 4 is 6.09 Å². The first-order chi connectivity index (χ1) is 6.20. The Morgan fingerprint density at radius 3 is 2.92 bits per heavy atom. The molecular formula is C8H16N2O3. The lowest BCUT2D eigenvalue weighted by atomic mass is 10.2. The number of hydrogen-bond donors (Lipinski definition) is 3. The standard InChI is InChI=1S/C8H16N2O3/c9-8(12)13-5-4-10-6-2-1-3-7(6)11/h6-7,10-11H,1-5H2,(H2,9,12)/t6-,7-/m1/s1. The van der Waals surface area contributed by atoms with Gasteiger partial charge in [-0.3, -0.25) is 0 Å². The Kier molecular flexibility index (Phi) is 3.98. The Morgan fingerprint density at radius 2 is 2.38 bits per heavy atom. The van der Waals surface area contributed by atoms with Crippen LogP contribution >= 0.6 is 0 Å². The fourth-order valence-corrected chi connectivity index (χ4v) is 1.57. The Hall–Kier alpha value is -0.810. The summed E-state index contributed by atoms with van der Waals surface area (Å²) in [7, 11) is 0. The molecule has 5 heteroatoms. The van der Waals surface area contributed by atoms with E-state index in [4.69, 9.17) is 5.73 Å². The topological polar surface area (TPSA) is 84.6 Å². The second kappa shape index (κ2) is 5.04. The highest BCUT2D eigenvalue weighted by Crippen LogP contribution is 2.18. The van der Waals surface area contributed by atoms with Crippen molar-refractivity contribution in [3.8, 4) is 0 Å². The number of amides is 1. The van der Waals surface area contributed by atoms with E-state index in [0.717, 1.165) is 19.3 Å². The molecule has 2 atom stereocenters. The molecule has 0 unspecified atom stereocenters. The van der Waals surface area contributed by atoms with Gasteiger partial charge < -0.3 is 20.9 Å². The number of nitrogens with one attached hydrogen (secondary N) is 1. The summed E-state index contributed by atoms with van der Waals surface area (Å²) in [6.45, 7) is 0.809. The highest BCUT2D eigenvalue weighted by atomic mass is 16.5. The van der Waals surface area contributed by atoms with Crippen LogP contribution in [0, 0.1) is 0 Å². The van der Waals surface area contributed by atoms with Gasteiger partial charge in [0.1, 0.15) is 6.61 Å². The maximum Gasteiger partial charge on any atom is 0.404 e. The predicted molar refractivity (Wildman–Crippen MR) is 47.2 cm³/mol. The molecule has 0 spiro atoms. The molecule has 1 rings (SSSR count). The summed E-state index contributed by atoms with van der Waals surface area (Å²) >= 11 is 0. The van der Waals surface area contributed by atoms with Gasteiger partial charge in [0.2, 0.25) is 0 Å². The molecule has 0 aromatic carbocycles. The minimum absolute atomic E-state index is 0.150. The molecule has 1 saturated carbocycles. The van der Waals surface area contributed by atoms with Gasteiger partial charge in [0, 0.05) is 12.6 Å². The monoisotopic (exact) mass is 188 g/mol. The van der Waals surface area contributed by atoms with E-state index in [9.17, 15) is 9.90 Å². The molecule has 4 N–H and O–H groups in total. The quantitative estimate of drug-likeness (QED) is 0.523. The molecule has 1 fully saturated rings. The van der Waals surface area contributed by atoms with E-state index in [1.807, 2.05) is 0 Å². The number of primary amides is 1. The number of aliphatic hydroxyl groups is 1. The van der Waals surface area contributed by atoms with Crippen molar-refractivity contribution in [2.24, 2.45) is 5.73 Å². The molecule has 1 aliphatic rings. The lowest BCUT2D eigenvalue weighted by Crippen LogP contribution is -2.38. The first-order valence-electron chi connectivity index (χ1n) is 4.54. The number of carbonyl (C=O) groups excluding carboxylic acids is 1. The van der Waals surface area contributed by atoms with E-state index in [-0.39, 0.29) is 18.8 Å². The first kappa shape index (κ1) is 10.3. The minimum atomic E-state index is -0.756. The van der Waals surface area contributed by atoms with Gasteiger partial charge in [0.15, 0.2) is 0 Å². The zero-order valence-electron chi connectivity index (χ0n) is 7.53. The van der Waals surface area contributed by atoms with Crippen LogP contribution in [-0.2, 0) is 4.74 Å². The largest absolute Gasteiger partial charge is 0.448 e. The zero-order valence-corrected chi connectivity index (χ0v) is 7.53. The summed E-state index contributed by atoms with van der Waals surface area (Å²) in [5.41, 5.74) is 4.78. The first-order valence-corrected chi connectivity index (χ1v) is 4.54. The summed E-state index contributed by atoms with van der Waals surface area (Å²) in [5.74, 6) is 0. The number of ether oxygens (including phenoxy) is 1. The fraction of sp³-hybridized carbons (Fsp3) is 0.875. The number of rotatable bonds is 4. The summed E-state index contributed by atoms with van der Waals surface area (Å²) in [4.78, 5) is 10.2. The van der Waals surface area contributed by atoms with Crippen molar-refractivity contribution < 1.29 is 14.6 Å². The smallest absolute Gasteiger partial charge is 0.404 e. The van der Waals surface area contributed by atoms with Gasteiger partial charge in [0.25, 0.3) is 0 Å². The average Bonchev–Trinajstić information content (AvgIpc) is 2.45. The molecule has 0 radical (unpaired) electrons. The number of carbonyl (C=O) groups is 1. The molecule has 0 aromatic heterocycles. The summed E-state index contributed by atoms with van der Waals surface area (Å²) in [6.07, 6.45) is 1.88. The van der Waals surface area contributed by atoms with E-state index in [1.165, 1.54) is 0 Å². The van der Waals surface area contributed by atoms with Gasteiger partial charge in [-0.15, -0.1) is 0 Å². The predicted octanol–water partition coefficient (Wildman–Crippen LogP) is -0.415. The van der Waals surface area contributed by atoms with E-state index in [2.05, 4.69) is 10.1 Å². The van der Waals surface area contributed by atoms with Gasteiger partial charge >= 0.3 is 6.09 Å². The van der Waals surface area contributed by atoms with Crippen LogP contribution in [0.4, 0.5) is 4.79 Å². The second-order valence-electron chi connectivity index (χ2n) is 3.23. The molecule has 1 amide bonds. The molecular weight excluding hydrogens is 172 g/mol. The summed E-state index contributed by atoms with van der Waals surface area (Å²) in [5, 5.41) is 12.5. The van der Waals surface area contributed by atoms with Crippen molar-refractivity contribution in [1.29, 1.82) is 0 Å². The van der Waals surface area contributed by atoms with Crippen LogP contribution in [0.1, 0.15) is 19.3 Å². The number of aliphatic hydroxyl groups excluding tert-OH is 1. The van der Waals surface area contributed by atoms with E-state index in [1.54, 1.807) is 0 Å². The van der Waals surface area contributed by atoms with Gasteiger partial charge in [-0.1, -0.05) is 0 Å². The van der Waals surface area contributed by atoms with Crippen LogP contribution in [0.15, 0.2) is 0 Å². The third-order valence-electron chi connectivity index (χ3n) is 2.23. The van der Waals surface area contributed by atoms with Crippen LogP contribution in [0.5, 0.6) is 0 Å². The summed E-state index contributed by atoms with van der Waals surface area (Å²) < 4.78 is 4.53. The van der Waals surface area contributed by atoms with Crippen molar-refractivity contribution in [2.45, 2.75) is 31.4 Å². The lowest BCUT2D eigenvalue weighted by molar-refractivity contribution is 0.135. The maximum absolute atomic E-state index is 10.2. The Labute approximate surface area is 77.2 Å². The molecule has 0 heterocycles. The molecule has 0 aliphatic heterocycles. The highest BCUT2D eigenvalue weighted by molar-refractivity contribution is 5.64. The molecule has 0 aromatic rings. The van der Waals surface area contributed by atoms with Crippen LogP contribution in [0.2, 0.25) is 0 Å². The SMILES string of the molecule is NC(=O)OCCN[C@@H]1CCC[C@H]1O. The molecule has 76 valence electrons. The zero-order chi connectivity index (χ0) is 9.68. The highest BCUT2D eigenvalue weighted by Gasteiger charge is 2.23. The fourth-order valence-electron chi connectivity index (χ4n) is 1.57. The second-order valence-corrected chi connectivity index (χ2v) is 3.23. The average molecular weight is 188 g/mol. The molecule has 13 heavy (non-hydrogen) atoms. The van der Waals surface area contributed by atoms with Gasteiger partial charge in [-0.05, 0) is 19.3 Å². The van der Waals surface area contributed by atoms with Gasteiger partial charge in [0.05, 0.1) is 6.10 Å². The van der Waals surface area contributed by atoms with E-state index in [0.29, 0.717) is 6.54 Å². The number of hydrogen-bond acceptors (Lipinski definition) is 4. The Morgan fingerprint density at radius 1 is 1.62 bits per heavy atom. The molecule has 5 nitrogen and oxygen atoms in total. The van der Waals surface area contributed by atoms with Crippen LogP contribution in [0.3, 0.4) is 0 Å². The van der Waals surface area contributed by atoms with Gasteiger partial charge in [-0.25, -0.2) is 4.79 Å². The Bertz CT molecular complexity index is 175. The molecule has 1 aliphatic carbocycles. The van der Waals surface area contributed by atoms with Crippen LogP contribution in [-0.4, -0.2) is 36.5 Å². The van der Waals surface area contributed by atoms with E-state index >= 15 is 0 Å². The van der Waals surface area contributed by atoms with Crippen molar-refractivity contribution in [2.75, 3.05) is 13.2 Å². The third kappa shape index (κ3) is 3.61. The van der Waals surface area contributed by atoms with Crippen LogP contribution in [0.25, 0.3) is 0 Å². The van der Waals surface area contributed by atoms with Crippen molar-refractivity contribution in [3.63, 3.8) is 0 Å². The maximum atomic E-state index is 10.2. The van der Waals surface area contributed by atoms with Crippen molar-refractivity contribution in [3.05, 3.63) is 0 Å². The molecule has 0 bridgehead atoms. The van der Waals surface area contributed by atoms with Gasteiger partial charge in [-0.2, -0.15) is 0 Å². The third-order valence-corrected chi connectivity index (χ3v) is 2.23. The summed E-state index contributed by atoms with van der Waals surface area (Å²) in [6, 6.07) is 0.150. The van der Waals surface area contributed by atoms with E-state index < -0.39 is 6.09 Å². The normalized spacial score (nSPS) is 27.5. The van der Waals surface area contributed by atoms with Crippen LogP contribution < -0.4 is 11.1 Å². The molecule has 0 saturated heterocycles. The van der Waals surface area contributed by atoms with Crippen molar-refractivity contribution in [1.82, 2.24) is 5.32 Å². The Balaban J connectivity index is 2.02. The minimum Gasteiger partial charge on any atom is -0.448 e. The lowest BCUT2D eigenvalue weighted by Gasteiger charge is -2.15. The number of nitrogens with two attached hydrogens (primary N) is 1.